The van der Waals surface area contributed by atoms with Crippen molar-refractivity contribution in [3.05, 3.63) is 58.7 Å². The number of aliphatic hydroxyl groups is 1. The van der Waals surface area contributed by atoms with Crippen molar-refractivity contribution >= 4 is 12.0 Å². The molecule has 2 aromatic rings. The quantitative estimate of drug-likeness (QED) is 0.499. The van der Waals surface area contributed by atoms with Crippen LogP contribution >= 0.6 is 0 Å². The number of carbonyl (C=O) groups excluding carboxylic acids is 1. The van der Waals surface area contributed by atoms with E-state index in [0.29, 0.717) is 41.3 Å². The van der Waals surface area contributed by atoms with Crippen molar-refractivity contribution in [2.45, 2.75) is 13.0 Å². The number of aliphatic hydroxyl groups excluding tert-OH is 1. The summed E-state index contributed by atoms with van der Waals surface area (Å²) in [4.78, 5) is 12.3. The molecule has 2 N–H and O–H groups in total. The molecular formula is C22H24N2O5. The molecule has 2 rings (SSSR count). The molecule has 0 aromatic heterocycles. The monoisotopic (exact) mass is 396 g/mol. The highest BCUT2D eigenvalue weighted by molar-refractivity contribution is 6.01. The highest BCUT2D eigenvalue weighted by Crippen LogP contribution is 2.27. The molecule has 2 aromatic carbocycles. The average molecular weight is 396 g/mol. The molecule has 1 amide bonds. The molecule has 152 valence electrons. The van der Waals surface area contributed by atoms with Crippen LogP contribution in [0.1, 0.15) is 16.7 Å². The average Bonchev–Trinajstić information content (AvgIpc) is 2.76. The van der Waals surface area contributed by atoms with E-state index in [0.717, 1.165) is 5.56 Å². The Morgan fingerprint density at radius 3 is 2.38 bits per heavy atom. The van der Waals surface area contributed by atoms with Gasteiger partial charge in [0.1, 0.15) is 17.4 Å². The van der Waals surface area contributed by atoms with Gasteiger partial charge in [-0.1, -0.05) is 12.1 Å². The lowest BCUT2D eigenvalue weighted by Crippen LogP contribution is -2.26. The zero-order chi connectivity index (χ0) is 21.2. The fourth-order valence-corrected chi connectivity index (χ4v) is 2.78. The Labute approximate surface area is 170 Å². The fourth-order valence-electron chi connectivity index (χ4n) is 2.78. The van der Waals surface area contributed by atoms with Crippen LogP contribution in [0, 0.1) is 11.3 Å². The van der Waals surface area contributed by atoms with Crippen LogP contribution in [-0.4, -0.2) is 38.9 Å². The minimum Gasteiger partial charge on any atom is -0.496 e. The zero-order valence-electron chi connectivity index (χ0n) is 16.7. The summed E-state index contributed by atoms with van der Waals surface area (Å²) in [5.41, 5.74) is 2.15. The van der Waals surface area contributed by atoms with E-state index in [-0.39, 0.29) is 12.2 Å². The Kier molecular flexibility index (Phi) is 8.07. The van der Waals surface area contributed by atoms with Crippen LogP contribution in [0.4, 0.5) is 0 Å². The molecule has 0 saturated heterocycles. The van der Waals surface area contributed by atoms with Crippen molar-refractivity contribution in [2.75, 3.05) is 27.9 Å². The van der Waals surface area contributed by atoms with Crippen LogP contribution in [0.5, 0.6) is 17.2 Å². The predicted octanol–water partition coefficient (Wildman–Crippen LogP) is 2.47. The van der Waals surface area contributed by atoms with Gasteiger partial charge in [0.25, 0.3) is 5.91 Å². The summed E-state index contributed by atoms with van der Waals surface area (Å²) in [7, 11) is 4.64. The number of amides is 1. The molecule has 0 heterocycles. The second-order valence-corrected chi connectivity index (χ2v) is 6.09. The molecule has 0 aliphatic heterocycles. The van der Waals surface area contributed by atoms with E-state index < -0.39 is 5.91 Å². The maximum absolute atomic E-state index is 12.3. The van der Waals surface area contributed by atoms with Crippen LogP contribution in [0.3, 0.4) is 0 Å². The molecule has 0 saturated carbocycles. The molecule has 0 atom stereocenters. The Balaban J connectivity index is 2.03. The van der Waals surface area contributed by atoms with E-state index in [4.69, 9.17) is 14.2 Å². The normalized spacial score (nSPS) is 10.8. The Morgan fingerprint density at radius 1 is 1.07 bits per heavy atom. The first-order chi connectivity index (χ1) is 14.1. The van der Waals surface area contributed by atoms with Crippen molar-refractivity contribution in [3.8, 4) is 23.3 Å². The fraction of sp³-hybridized carbons (Fsp3) is 0.273. The summed E-state index contributed by atoms with van der Waals surface area (Å²) in [6.07, 6.45) is 2.05. The topological polar surface area (TPSA) is 101 Å². The standard InChI is InChI=1S/C22H24N2O5/c1-27-19-6-5-16(11-18(19)14-25)10-17(13-23)22(26)24-9-8-15-4-7-20(28-2)21(12-15)29-3/h4-7,10-12,25H,8-9,14H2,1-3H3,(H,24,26). The van der Waals surface area contributed by atoms with Crippen molar-refractivity contribution in [2.24, 2.45) is 0 Å². The third-order valence-electron chi connectivity index (χ3n) is 4.30. The van der Waals surface area contributed by atoms with Crippen molar-refractivity contribution in [1.82, 2.24) is 5.32 Å². The Bertz CT molecular complexity index is 931. The van der Waals surface area contributed by atoms with Gasteiger partial charge in [0.15, 0.2) is 11.5 Å². The van der Waals surface area contributed by atoms with E-state index in [1.807, 2.05) is 18.2 Å². The first-order valence-corrected chi connectivity index (χ1v) is 8.95. The molecule has 0 aliphatic rings. The minimum absolute atomic E-state index is 0.0219. The van der Waals surface area contributed by atoms with Crippen molar-refractivity contribution < 1.29 is 24.1 Å². The molecule has 0 radical (unpaired) electrons. The number of hydrogen-bond donors (Lipinski definition) is 2. The number of benzene rings is 2. The van der Waals surface area contributed by atoms with Gasteiger partial charge in [0.2, 0.25) is 0 Å². The molecule has 7 heteroatoms. The first kappa shape index (κ1) is 21.8. The van der Waals surface area contributed by atoms with E-state index in [9.17, 15) is 15.2 Å². The number of carbonyl (C=O) groups is 1. The number of nitriles is 1. The summed E-state index contributed by atoms with van der Waals surface area (Å²) in [5, 5.41) is 21.5. The summed E-state index contributed by atoms with van der Waals surface area (Å²) < 4.78 is 15.6. The maximum Gasteiger partial charge on any atom is 0.261 e. The van der Waals surface area contributed by atoms with E-state index in [1.54, 1.807) is 38.5 Å². The molecule has 29 heavy (non-hydrogen) atoms. The van der Waals surface area contributed by atoms with Gasteiger partial charge in [-0.25, -0.2) is 0 Å². The Morgan fingerprint density at radius 2 is 1.76 bits per heavy atom. The summed E-state index contributed by atoms with van der Waals surface area (Å²) in [5.74, 6) is 1.33. The molecule has 7 nitrogen and oxygen atoms in total. The van der Waals surface area contributed by atoms with Crippen LogP contribution < -0.4 is 19.5 Å². The second kappa shape index (κ2) is 10.7. The summed E-state index contributed by atoms with van der Waals surface area (Å²) in [6.45, 7) is 0.155. The van der Waals surface area contributed by atoms with Crippen LogP contribution in [-0.2, 0) is 17.8 Å². The molecule has 0 fully saturated rings. The van der Waals surface area contributed by atoms with Gasteiger partial charge < -0.3 is 24.6 Å². The van der Waals surface area contributed by atoms with Gasteiger partial charge >= 0.3 is 0 Å². The third-order valence-corrected chi connectivity index (χ3v) is 4.30. The van der Waals surface area contributed by atoms with Crippen molar-refractivity contribution in [3.63, 3.8) is 0 Å². The lowest BCUT2D eigenvalue weighted by molar-refractivity contribution is -0.117. The third kappa shape index (κ3) is 5.74. The first-order valence-electron chi connectivity index (χ1n) is 8.95. The highest BCUT2D eigenvalue weighted by Gasteiger charge is 2.10. The van der Waals surface area contributed by atoms with E-state index in [2.05, 4.69) is 5.32 Å². The number of ether oxygens (including phenoxy) is 3. The molecular weight excluding hydrogens is 372 g/mol. The SMILES string of the molecule is COc1ccc(C=C(C#N)C(=O)NCCc2ccc(OC)c(OC)c2)cc1CO. The summed E-state index contributed by atoms with van der Waals surface area (Å²) >= 11 is 0. The van der Waals surface area contributed by atoms with Gasteiger partial charge in [0, 0.05) is 12.1 Å². The van der Waals surface area contributed by atoms with E-state index in [1.165, 1.54) is 13.2 Å². The van der Waals surface area contributed by atoms with Crippen molar-refractivity contribution in [1.29, 1.82) is 5.26 Å². The number of methoxy groups -OCH3 is 3. The molecule has 0 aliphatic carbocycles. The molecule has 0 bridgehead atoms. The van der Waals surface area contributed by atoms with Gasteiger partial charge in [-0.05, 0) is 47.9 Å². The summed E-state index contributed by atoms with van der Waals surface area (Å²) in [6, 6.07) is 12.5. The van der Waals surface area contributed by atoms with E-state index >= 15 is 0 Å². The number of nitrogens with one attached hydrogen (secondary N) is 1. The number of hydrogen-bond acceptors (Lipinski definition) is 6. The van der Waals surface area contributed by atoms with Gasteiger partial charge in [-0.15, -0.1) is 0 Å². The molecule has 0 spiro atoms. The maximum atomic E-state index is 12.3. The number of rotatable bonds is 9. The predicted molar refractivity (Wildman–Crippen MR) is 109 cm³/mol. The minimum atomic E-state index is -0.464. The Hall–Kier alpha value is -3.50. The van der Waals surface area contributed by atoms with Crippen LogP contribution in [0.25, 0.3) is 6.08 Å². The smallest absolute Gasteiger partial charge is 0.261 e. The molecule has 0 unspecified atom stereocenters. The lowest BCUT2D eigenvalue weighted by Gasteiger charge is -2.10. The van der Waals surface area contributed by atoms with Crippen LogP contribution in [0.15, 0.2) is 42.0 Å². The largest absolute Gasteiger partial charge is 0.496 e. The highest BCUT2D eigenvalue weighted by atomic mass is 16.5. The van der Waals surface area contributed by atoms with Gasteiger partial charge in [-0.3, -0.25) is 4.79 Å². The van der Waals surface area contributed by atoms with Gasteiger partial charge in [-0.2, -0.15) is 5.26 Å². The van der Waals surface area contributed by atoms with Gasteiger partial charge in [0.05, 0.1) is 27.9 Å². The van der Waals surface area contributed by atoms with Crippen LogP contribution in [0.2, 0.25) is 0 Å². The number of nitrogens with zero attached hydrogens (tertiary/aromatic N) is 1. The zero-order valence-corrected chi connectivity index (χ0v) is 16.7. The lowest BCUT2D eigenvalue weighted by atomic mass is 10.1. The second-order valence-electron chi connectivity index (χ2n) is 6.09.